The SMILES string of the molecule is Cc1ccc(/C=C2\Oc3cc(OCC(=O)c4ccc(Cl)cc4)ccc3C2=O)o1. The van der Waals surface area contributed by atoms with E-state index in [1.165, 1.54) is 0 Å². The van der Waals surface area contributed by atoms with Gasteiger partial charge in [0.25, 0.3) is 0 Å². The number of ketones is 2. The van der Waals surface area contributed by atoms with Gasteiger partial charge in [0.2, 0.25) is 5.78 Å². The molecule has 2 aromatic carbocycles. The predicted molar refractivity (Wildman–Crippen MR) is 104 cm³/mol. The Morgan fingerprint density at radius 3 is 2.61 bits per heavy atom. The number of hydrogen-bond donors (Lipinski definition) is 0. The van der Waals surface area contributed by atoms with E-state index in [0.717, 1.165) is 5.76 Å². The molecule has 0 spiro atoms. The average molecular weight is 395 g/mol. The first-order valence-electron chi connectivity index (χ1n) is 8.56. The van der Waals surface area contributed by atoms with Crippen LogP contribution in [0.4, 0.5) is 0 Å². The van der Waals surface area contributed by atoms with Gasteiger partial charge in [-0.25, -0.2) is 0 Å². The zero-order chi connectivity index (χ0) is 19.7. The molecule has 1 aliphatic heterocycles. The number of rotatable bonds is 5. The zero-order valence-corrected chi connectivity index (χ0v) is 15.7. The lowest BCUT2D eigenvalue weighted by atomic mass is 10.1. The number of carbonyl (C=O) groups is 2. The van der Waals surface area contributed by atoms with Crippen LogP contribution in [0.15, 0.2) is 64.8 Å². The van der Waals surface area contributed by atoms with Crippen molar-refractivity contribution in [2.45, 2.75) is 6.92 Å². The molecule has 4 rings (SSSR count). The first-order valence-corrected chi connectivity index (χ1v) is 8.94. The number of ether oxygens (including phenoxy) is 2. The molecule has 1 aromatic heterocycles. The van der Waals surface area contributed by atoms with Crippen LogP contribution < -0.4 is 9.47 Å². The van der Waals surface area contributed by atoms with Crippen molar-refractivity contribution in [2.75, 3.05) is 6.61 Å². The minimum atomic E-state index is -0.229. The summed E-state index contributed by atoms with van der Waals surface area (Å²) in [5.74, 6) is 1.88. The lowest BCUT2D eigenvalue weighted by molar-refractivity contribution is 0.0921. The van der Waals surface area contributed by atoms with Crippen molar-refractivity contribution in [3.8, 4) is 11.5 Å². The molecule has 0 fully saturated rings. The minimum absolute atomic E-state index is 0.136. The normalized spacial score (nSPS) is 14.1. The maximum absolute atomic E-state index is 12.5. The van der Waals surface area contributed by atoms with Gasteiger partial charge in [-0.2, -0.15) is 0 Å². The summed E-state index contributed by atoms with van der Waals surface area (Å²) in [6.45, 7) is 1.69. The van der Waals surface area contributed by atoms with Crippen molar-refractivity contribution in [1.29, 1.82) is 0 Å². The van der Waals surface area contributed by atoms with Crippen LogP contribution in [0.3, 0.4) is 0 Å². The van der Waals surface area contributed by atoms with Gasteiger partial charge in [-0.1, -0.05) is 11.6 Å². The number of aryl methyl sites for hydroxylation is 1. The van der Waals surface area contributed by atoms with Crippen LogP contribution >= 0.6 is 11.6 Å². The van der Waals surface area contributed by atoms with E-state index in [9.17, 15) is 9.59 Å². The van der Waals surface area contributed by atoms with E-state index in [4.69, 9.17) is 25.5 Å². The fraction of sp³-hybridized carbons (Fsp3) is 0.0909. The molecule has 0 atom stereocenters. The molecule has 6 heteroatoms. The second-order valence-corrected chi connectivity index (χ2v) is 6.70. The summed E-state index contributed by atoms with van der Waals surface area (Å²) in [6, 6.07) is 15.0. The highest BCUT2D eigenvalue weighted by Gasteiger charge is 2.28. The Morgan fingerprint density at radius 1 is 1.11 bits per heavy atom. The number of fused-ring (bicyclic) bond motifs is 1. The summed E-state index contributed by atoms with van der Waals surface area (Å²) in [7, 11) is 0. The zero-order valence-electron chi connectivity index (χ0n) is 14.9. The summed E-state index contributed by atoms with van der Waals surface area (Å²) in [5.41, 5.74) is 0.946. The molecule has 5 nitrogen and oxygen atoms in total. The van der Waals surface area contributed by atoms with Gasteiger partial charge in [-0.3, -0.25) is 9.59 Å². The van der Waals surface area contributed by atoms with E-state index >= 15 is 0 Å². The molecular weight excluding hydrogens is 380 g/mol. The fourth-order valence-electron chi connectivity index (χ4n) is 2.79. The van der Waals surface area contributed by atoms with Crippen LogP contribution in [0.2, 0.25) is 5.02 Å². The summed E-state index contributed by atoms with van der Waals surface area (Å²) >= 11 is 5.82. The summed E-state index contributed by atoms with van der Waals surface area (Å²) < 4.78 is 16.7. The van der Waals surface area contributed by atoms with Crippen molar-refractivity contribution in [3.05, 3.63) is 88.0 Å². The summed E-state index contributed by atoms with van der Waals surface area (Å²) in [5, 5.41) is 0.562. The third-order valence-electron chi connectivity index (χ3n) is 4.21. The van der Waals surface area contributed by atoms with Crippen molar-refractivity contribution in [1.82, 2.24) is 0 Å². The van der Waals surface area contributed by atoms with Crippen LogP contribution in [0.25, 0.3) is 6.08 Å². The van der Waals surface area contributed by atoms with Gasteiger partial charge >= 0.3 is 0 Å². The molecule has 1 aliphatic rings. The quantitative estimate of drug-likeness (QED) is 0.444. The van der Waals surface area contributed by atoms with E-state index in [2.05, 4.69) is 0 Å². The van der Waals surface area contributed by atoms with Crippen LogP contribution in [-0.4, -0.2) is 18.2 Å². The van der Waals surface area contributed by atoms with Gasteiger partial charge in [0, 0.05) is 22.7 Å². The number of Topliss-reactive ketones (excluding diaryl/α,β-unsaturated/α-hetero) is 2. The van der Waals surface area contributed by atoms with Crippen LogP contribution in [0, 0.1) is 6.92 Å². The Labute approximate surface area is 166 Å². The van der Waals surface area contributed by atoms with Crippen LogP contribution in [0.5, 0.6) is 11.5 Å². The highest BCUT2D eigenvalue weighted by Crippen LogP contribution is 2.35. The van der Waals surface area contributed by atoms with Gasteiger partial charge < -0.3 is 13.9 Å². The maximum Gasteiger partial charge on any atom is 0.232 e. The number of furan rings is 1. The lowest BCUT2D eigenvalue weighted by Gasteiger charge is -2.07. The van der Waals surface area contributed by atoms with Gasteiger partial charge in [0.15, 0.2) is 18.1 Å². The predicted octanol–water partition coefficient (Wildman–Crippen LogP) is 5.12. The first-order chi connectivity index (χ1) is 13.5. The Kier molecular flexibility index (Phi) is 4.75. The molecular formula is C22H15ClO5. The smallest absolute Gasteiger partial charge is 0.232 e. The lowest BCUT2D eigenvalue weighted by Crippen LogP contribution is -2.11. The fourth-order valence-corrected chi connectivity index (χ4v) is 2.91. The molecule has 0 saturated heterocycles. The molecule has 0 N–H and O–H groups in total. The van der Waals surface area contributed by atoms with Crippen molar-refractivity contribution in [2.24, 2.45) is 0 Å². The molecule has 28 heavy (non-hydrogen) atoms. The summed E-state index contributed by atoms with van der Waals surface area (Å²) in [6.07, 6.45) is 1.56. The van der Waals surface area contributed by atoms with Crippen molar-refractivity contribution >= 4 is 29.2 Å². The number of benzene rings is 2. The molecule has 0 bridgehead atoms. The Hall–Kier alpha value is -3.31. The average Bonchev–Trinajstić information content (AvgIpc) is 3.23. The molecule has 0 unspecified atom stereocenters. The third kappa shape index (κ3) is 3.70. The Morgan fingerprint density at radius 2 is 1.89 bits per heavy atom. The number of hydrogen-bond acceptors (Lipinski definition) is 5. The molecule has 3 aromatic rings. The second kappa shape index (κ2) is 7.37. The van der Waals surface area contributed by atoms with Crippen LogP contribution in [0.1, 0.15) is 32.2 Å². The summed E-state index contributed by atoms with van der Waals surface area (Å²) in [4.78, 5) is 24.7. The third-order valence-corrected chi connectivity index (χ3v) is 4.46. The molecule has 2 heterocycles. The van der Waals surface area contributed by atoms with E-state index in [1.54, 1.807) is 54.6 Å². The molecule has 0 amide bonds. The highest BCUT2D eigenvalue weighted by molar-refractivity contribution is 6.30. The topological polar surface area (TPSA) is 65.7 Å². The maximum atomic E-state index is 12.5. The molecule has 0 radical (unpaired) electrons. The van der Waals surface area contributed by atoms with Crippen molar-refractivity contribution < 1.29 is 23.5 Å². The van der Waals surface area contributed by atoms with E-state index < -0.39 is 0 Å². The number of halogens is 1. The first kappa shape index (κ1) is 18.1. The highest BCUT2D eigenvalue weighted by atomic mass is 35.5. The van der Waals surface area contributed by atoms with E-state index in [-0.39, 0.29) is 23.9 Å². The molecule has 0 saturated carbocycles. The second-order valence-electron chi connectivity index (χ2n) is 6.26. The Balaban J connectivity index is 1.46. The van der Waals surface area contributed by atoms with Gasteiger partial charge in [-0.15, -0.1) is 0 Å². The van der Waals surface area contributed by atoms with Gasteiger partial charge in [-0.05, 0) is 55.5 Å². The number of carbonyl (C=O) groups excluding carboxylic acids is 2. The number of allylic oxidation sites excluding steroid dienone is 1. The standard InChI is InChI=1S/C22H15ClO5/c1-13-2-7-17(27-13)11-21-22(25)18-9-8-16(10-20(18)28-21)26-12-19(24)14-3-5-15(23)6-4-14/h2-11H,12H2,1H3/b21-11-. The van der Waals surface area contributed by atoms with E-state index in [0.29, 0.717) is 33.4 Å². The van der Waals surface area contributed by atoms with Crippen molar-refractivity contribution in [3.63, 3.8) is 0 Å². The molecule has 0 aliphatic carbocycles. The van der Waals surface area contributed by atoms with Gasteiger partial charge in [0.05, 0.1) is 5.56 Å². The van der Waals surface area contributed by atoms with Gasteiger partial charge in [0.1, 0.15) is 23.0 Å². The monoisotopic (exact) mass is 394 g/mol. The van der Waals surface area contributed by atoms with Crippen LogP contribution in [-0.2, 0) is 0 Å². The van der Waals surface area contributed by atoms with E-state index in [1.807, 2.05) is 13.0 Å². The largest absolute Gasteiger partial charge is 0.485 e. The molecule has 140 valence electrons. The minimum Gasteiger partial charge on any atom is -0.485 e. The Bertz CT molecular complexity index is 1090.